The van der Waals surface area contributed by atoms with Crippen LogP contribution < -0.4 is 9.64 Å². The molecule has 3 nitrogen and oxygen atoms in total. The first-order valence-corrected chi connectivity index (χ1v) is 8.78. The fraction of sp³-hybridized carbons (Fsp3) is 0.0588. The van der Waals surface area contributed by atoms with Gasteiger partial charge in [-0.2, -0.15) is 0 Å². The number of halogens is 1. The van der Waals surface area contributed by atoms with Crippen molar-refractivity contribution in [3.8, 4) is 5.75 Å². The molecule has 0 saturated carbocycles. The molecule has 2 aromatic carbocycles. The van der Waals surface area contributed by atoms with Crippen molar-refractivity contribution in [1.29, 1.82) is 0 Å². The molecule has 6 heteroatoms. The van der Waals surface area contributed by atoms with Crippen LogP contribution >= 0.6 is 39.9 Å². The molecule has 0 atom stereocenters. The van der Waals surface area contributed by atoms with Gasteiger partial charge in [-0.1, -0.05) is 58.1 Å². The lowest BCUT2D eigenvalue weighted by Crippen LogP contribution is -2.27. The number of anilines is 1. The number of amides is 1. The molecule has 1 saturated heterocycles. The van der Waals surface area contributed by atoms with Gasteiger partial charge in [0.05, 0.1) is 17.7 Å². The number of carbonyl (C=O) groups excluding carboxylic acids is 1. The fourth-order valence-corrected chi connectivity index (χ4v) is 3.90. The molecule has 1 aliphatic heterocycles. The van der Waals surface area contributed by atoms with E-state index in [0.29, 0.717) is 15.0 Å². The third-order valence-corrected chi connectivity index (χ3v) is 5.08. The number of rotatable bonds is 3. The third kappa shape index (κ3) is 3.34. The second kappa shape index (κ2) is 6.86. The summed E-state index contributed by atoms with van der Waals surface area (Å²) in [4.78, 5) is 14.8. The number of hydrogen-bond donors (Lipinski definition) is 0. The Bertz CT molecular complexity index is 805. The minimum atomic E-state index is -0.117. The quantitative estimate of drug-likeness (QED) is 0.538. The highest BCUT2D eigenvalue weighted by atomic mass is 79.9. The van der Waals surface area contributed by atoms with Gasteiger partial charge in [-0.3, -0.25) is 9.69 Å². The zero-order valence-corrected chi connectivity index (χ0v) is 15.4. The molecule has 0 aliphatic carbocycles. The number of methoxy groups -OCH3 is 1. The molecule has 1 heterocycles. The molecular weight excluding hydrogens is 394 g/mol. The molecule has 0 radical (unpaired) electrons. The smallest absolute Gasteiger partial charge is 0.270 e. The maximum atomic E-state index is 12.7. The summed E-state index contributed by atoms with van der Waals surface area (Å²) in [5, 5.41) is 0. The van der Waals surface area contributed by atoms with Gasteiger partial charge in [-0.25, -0.2) is 0 Å². The van der Waals surface area contributed by atoms with Gasteiger partial charge in [0.2, 0.25) is 0 Å². The van der Waals surface area contributed by atoms with Gasteiger partial charge < -0.3 is 4.74 Å². The highest BCUT2D eigenvalue weighted by Gasteiger charge is 2.33. The number of nitrogens with zero attached hydrogens (tertiary/aromatic N) is 1. The highest BCUT2D eigenvalue weighted by molar-refractivity contribution is 9.10. The summed E-state index contributed by atoms with van der Waals surface area (Å²) in [5.41, 5.74) is 1.61. The highest BCUT2D eigenvalue weighted by Crippen LogP contribution is 2.37. The van der Waals surface area contributed by atoms with Crippen molar-refractivity contribution in [1.82, 2.24) is 0 Å². The van der Waals surface area contributed by atoms with Crippen LogP contribution in [-0.4, -0.2) is 17.3 Å². The zero-order valence-electron chi connectivity index (χ0n) is 12.2. The molecule has 1 amide bonds. The molecule has 23 heavy (non-hydrogen) atoms. The molecule has 1 aliphatic rings. The predicted octanol–water partition coefficient (Wildman–Crippen LogP) is 4.86. The summed E-state index contributed by atoms with van der Waals surface area (Å²) in [5.74, 6) is 0.589. The Balaban J connectivity index is 1.98. The van der Waals surface area contributed by atoms with Crippen LogP contribution in [0.25, 0.3) is 6.08 Å². The van der Waals surface area contributed by atoms with E-state index >= 15 is 0 Å². The topological polar surface area (TPSA) is 29.5 Å². The first-order chi connectivity index (χ1) is 11.1. The van der Waals surface area contributed by atoms with Crippen molar-refractivity contribution in [3.63, 3.8) is 0 Å². The van der Waals surface area contributed by atoms with Crippen LogP contribution in [-0.2, 0) is 4.79 Å². The average molecular weight is 406 g/mol. The molecule has 0 N–H and O–H groups in total. The van der Waals surface area contributed by atoms with Crippen LogP contribution in [0.2, 0.25) is 0 Å². The number of benzene rings is 2. The summed E-state index contributed by atoms with van der Waals surface area (Å²) >= 11 is 10.1. The average Bonchev–Trinajstić information content (AvgIpc) is 2.82. The Morgan fingerprint density at radius 1 is 1.22 bits per heavy atom. The molecule has 1 fully saturated rings. The van der Waals surface area contributed by atoms with Gasteiger partial charge in [0.15, 0.2) is 4.32 Å². The van der Waals surface area contributed by atoms with E-state index in [1.807, 2.05) is 54.6 Å². The summed E-state index contributed by atoms with van der Waals surface area (Å²) in [6.07, 6.45) is 1.81. The molecule has 2 aromatic rings. The van der Waals surface area contributed by atoms with Crippen LogP contribution in [0.3, 0.4) is 0 Å². The summed E-state index contributed by atoms with van der Waals surface area (Å²) in [7, 11) is 1.61. The fourth-order valence-electron chi connectivity index (χ4n) is 2.23. The van der Waals surface area contributed by atoms with E-state index in [2.05, 4.69) is 15.9 Å². The molecule has 0 bridgehead atoms. The normalized spacial score (nSPS) is 16.3. The van der Waals surface area contributed by atoms with Gasteiger partial charge in [-0.15, -0.1) is 0 Å². The van der Waals surface area contributed by atoms with Crippen molar-refractivity contribution in [3.05, 3.63) is 63.5 Å². The predicted molar refractivity (Wildman–Crippen MR) is 103 cm³/mol. The number of para-hydroxylation sites is 1. The van der Waals surface area contributed by atoms with Gasteiger partial charge in [0, 0.05) is 10.0 Å². The van der Waals surface area contributed by atoms with Crippen molar-refractivity contribution >= 4 is 61.9 Å². The minimum Gasteiger partial charge on any atom is -0.496 e. The largest absolute Gasteiger partial charge is 0.496 e. The maximum absolute atomic E-state index is 12.7. The lowest BCUT2D eigenvalue weighted by molar-refractivity contribution is -0.113. The standard InChI is InChI=1S/C17H12BrNO2S2/c1-21-14-8-7-12(18)9-11(14)10-15-16(20)19(17(22)23-15)13-5-3-2-4-6-13/h2-10H,1H3/b15-10-. The summed E-state index contributed by atoms with van der Waals surface area (Å²) in [6.45, 7) is 0. The maximum Gasteiger partial charge on any atom is 0.270 e. The van der Waals surface area contributed by atoms with Gasteiger partial charge in [0.25, 0.3) is 5.91 Å². The SMILES string of the molecule is COc1ccc(Br)cc1/C=C1\SC(=S)N(c2ccccc2)C1=O. The molecule has 3 rings (SSSR count). The van der Waals surface area contributed by atoms with Crippen LogP contribution in [0.15, 0.2) is 57.9 Å². The van der Waals surface area contributed by atoms with E-state index in [1.165, 1.54) is 11.8 Å². The van der Waals surface area contributed by atoms with Gasteiger partial charge in [0.1, 0.15) is 5.75 Å². The van der Waals surface area contributed by atoms with Gasteiger partial charge >= 0.3 is 0 Å². The molecule has 0 spiro atoms. The molecule has 0 unspecified atom stereocenters. The number of carbonyl (C=O) groups is 1. The van der Waals surface area contributed by atoms with Crippen LogP contribution in [0.5, 0.6) is 5.75 Å². The second-order valence-corrected chi connectivity index (χ2v) is 7.33. The summed E-state index contributed by atoms with van der Waals surface area (Å²) in [6, 6.07) is 15.1. The molecular formula is C17H12BrNO2S2. The minimum absolute atomic E-state index is 0.117. The number of thiocarbonyl (C=S) groups is 1. The Morgan fingerprint density at radius 3 is 2.65 bits per heavy atom. The Labute approximate surface area is 152 Å². The van der Waals surface area contributed by atoms with Crippen LogP contribution in [0, 0.1) is 0 Å². The Kier molecular flexibility index (Phi) is 4.84. The van der Waals surface area contributed by atoms with Crippen molar-refractivity contribution < 1.29 is 9.53 Å². The monoisotopic (exact) mass is 405 g/mol. The van der Waals surface area contributed by atoms with E-state index < -0.39 is 0 Å². The third-order valence-electron chi connectivity index (χ3n) is 3.29. The first-order valence-electron chi connectivity index (χ1n) is 6.76. The van der Waals surface area contributed by atoms with E-state index in [-0.39, 0.29) is 5.91 Å². The van der Waals surface area contributed by atoms with Crippen LogP contribution in [0.1, 0.15) is 5.56 Å². The number of thioether (sulfide) groups is 1. The lowest BCUT2D eigenvalue weighted by Gasteiger charge is -2.13. The summed E-state index contributed by atoms with van der Waals surface area (Å²) < 4.78 is 6.80. The Morgan fingerprint density at radius 2 is 1.96 bits per heavy atom. The second-order valence-electron chi connectivity index (χ2n) is 4.74. The zero-order chi connectivity index (χ0) is 16.4. The van der Waals surface area contributed by atoms with E-state index in [0.717, 1.165) is 15.7 Å². The number of hydrogen-bond acceptors (Lipinski definition) is 4. The van der Waals surface area contributed by atoms with Crippen molar-refractivity contribution in [2.24, 2.45) is 0 Å². The van der Waals surface area contributed by atoms with Crippen molar-refractivity contribution in [2.45, 2.75) is 0 Å². The van der Waals surface area contributed by atoms with Crippen molar-refractivity contribution in [2.75, 3.05) is 12.0 Å². The van der Waals surface area contributed by atoms with E-state index in [4.69, 9.17) is 17.0 Å². The van der Waals surface area contributed by atoms with E-state index in [1.54, 1.807) is 12.0 Å². The van der Waals surface area contributed by atoms with E-state index in [9.17, 15) is 4.79 Å². The molecule has 116 valence electrons. The Hall–Kier alpha value is -1.63. The lowest BCUT2D eigenvalue weighted by atomic mass is 10.2. The number of ether oxygens (including phenoxy) is 1. The van der Waals surface area contributed by atoms with Gasteiger partial charge in [-0.05, 0) is 36.4 Å². The van der Waals surface area contributed by atoms with Crippen LogP contribution in [0.4, 0.5) is 5.69 Å². The molecule has 0 aromatic heterocycles. The first kappa shape index (κ1) is 16.2.